The van der Waals surface area contributed by atoms with Crippen molar-refractivity contribution in [3.8, 4) is 0 Å². The van der Waals surface area contributed by atoms with E-state index in [4.69, 9.17) is 10.5 Å². The minimum absolute atomic E-state index is 0.0984. The zero-order valence-electron chi connectivity index (χ0n) is 31.9. The first-order valence-corrected chi connectivity index (χ1v) is 20.4. The van der Waals surface area contributed by atoms with Crippen LogP contribution < -0.4 is 16.4 Å². The van der Waals surface area contributed by atoms with E-state index in [9.17, 15) is 30.6 Å². The van der Waals surface area contributed by atoms with Crippen LogP contribution in [0.2, 0.25) is 0 Å². The fraction of sp³-hybridized carbons (Fsp3) is 0.786. The Bertz CT molecular complexity index is 1610. The molecule has 8 aliphatic rings. The van der Waals surface area contributed by atoms with Gasteiger partial charge >= 0.3 is 0 Å². The molecule has 1 unspecified atom stereocenters. The van der Waals surface area contributed by atoms with Gasteiger partial charge in [-0.25, -0.2) is 0 Å². The summed E-state index contributed by atoms with van der Waals surface area (Å²) in [6.45, 7) is 8.26. The Labute approximate surface area is 313 Å². The number of aliphatic hydroxyl groups excluding tert-OH is 3. The van der Waals surface area contributed by atoms with E-state index in [1.54, 1.807) is 13.8 Å². The number of Topliss-reactive ketones (excluding diaryl/α,β-unsaturated/α-hetero) is 1. The molecule has 0 bridgehead atoms. The molecule has 1 spiro atoms. The fourth-order valence-corrected chi connectivity index (χ4v) is 13.6. The van der Waals surface area contributed by atoms with Gasteiger partial charge in [0.25, 0.3) is 0 Å². The van der Waals surface area contributed by atoms with E-state index in [2.05, 4.69) is 29.7 Å². The summed E-state index contributed by atoms with van der Waals surface area (Å²) in [5.41, 5.74) is 1.55. The van der Waals surface area contributed by atoms with E-state index in [0.717, 1.165) is 24.8 Å². The maximum absolute atomic E-state index is 15.1. The Hall–Kier alpha value is -2.09. The van der Waals surface area contributed by atoms with Crippen LogP contribution in [0.4, 0.5) is 0 Å². The van der Waals surface area contributed by atoms with Gasteiger partial charge in [0.1, 0.15) is 5.60 Å². The molecule has 10 N–H and O–H groups in total. The third-order valence-corrected chi connectivity index (χ3v) is 16.2. The predicted octanol–water partition coefficient (Wildman–Crippen LogP) is 2.31. The smallest absolute Gasteiger partial charge is 0.182 e. The second kappa shape index (κ2) is 13.0. The van der Waals surface area contributed by atoms with Crippen molar-refractivity contribution >= 4 is 5.78 Å². The second-order valence-electron chi connectivity index (χ2n) is 19.1. The number of hydrogen-bond acceptors (Lipinski definition) is 11. The molecule has 6 aliphatic carbocycles. The lowest BCUT2D eigenvalue weighted by Crippen LogP contribution is -2.69. The number of dihydropyridines is 1. The lowest BCUT2D eigenvalue weighted by Gasteiger charge is -2.64. The van der Waals surface area contributed by atoms with Crippen molar-refractivity contribution in [1.82, 2.24) is 10.6 Å². The second-order valence-corrected chi connectivity index (χ2v) is 19.1. The molecule has 4 saturated carbocycles. The summed E-state index contributed by atoms with van der Waals surface area (Å²) in [6.07, 6.45) is 11.7. The van der Waals surface area contributed by atoms with Crippen LogP contribution in [0, 0.1) is 52.3 Å². The SMILES string of the molecule is C[C@H](O)CNC1=C2[C@@H]3[C@H](C=C[C@H](C4=CNC(N)C=C4)C[C@@]34C[C@H](O)[C@H](O)C[C@H]4C1=O)C[C@]1(C)[C@@H]([C@@](C)(O)[C@@]3(O)CCCC[C@H]4[C@H](C)CO[C@H]43)CC[C@@]21O. The first kappa shape index (κ1) is 37.8. The Morgan fingerprint density at radius 2 is 1.87 bits per heavy atom. The summed E-state index contributed by atoms with van der Waals surface area (Å²) >= 11 is 0. The molecule has 0 aromatic carbocycles. The van der Waals surface area contributed by atoms with Crippen LogP contribution in [0.3, 0.4) is 0 Å². The van der Waals surface area contributed by atoms with Crippen molar-refractivity contribution in [1.29, 1.82) is 0 Å². The van der Waals surface area contributed by atoms with Crippen LogP contribution in [0.5, 0.6) is 0 Å². The summed E-state index contributed by atoms with van der Waals surface area (Å²) in [5.74, 6) is -1.66. The Balaban J connectivity index is 1.30. The molecule has 5 fully saturated rings. The van der Waals surface area contributed by atoms with Gasteiger partial charge in [0.15, 0.2) is 5.78 Å². The van der Waals surface area contributed by atoms with Crippen molar-refractivity contribution in [2.45, 2.75) is 139 Å². The van der Waals surface area contributed by atoms with Crippen LogP contribution in [0.15, 0.2) is 47.3 Å². The van der Waals surface area contributed by atoms with Gasteiger partial charge in [-0.2, -0.15) is 0 Å². The molecule has 1 saturated heterocycles. The number of carbonyl (C=O) groups excluding carboxylic acids is 1. The standard InChI is InChI=1S/C42H63N3O8/c1-22-21-53-37-27(22)7-5-6-13-42(37,52)39(4,50)31-12-14-41(51)34-33-25(16-38(31,41)3)9-8-24(26-10-11-32(43)44-20-26)17-40(33)18-30(48)29(47)15-28(40)36(49)35(34)45-19-23(2)46/h8-11,20,22-25,27-33,37,44-48,50-52H,5-7,12-19,21,43H2,1-4H3/t22-,23+,24+,25-,27+,28+,29-,30+,31+,32?,33+,37-,38-,39-,40+,41-,42-/m1/s1. The Kier molecular flexibility index (Phi) is 9.26. The lowest BCUT2D eigenvalue weighted by atomic mass is 9.41. The van der Waals surface area contributed by atoms with Crippen molar-refractivity contribution in [2.24, 2.45) is 58.0 Å². The highest BCUT2D eigenvalue weighted by Gasteiger charge is 2.75. The number of nitrogens with two attached hydrogens (primary N) is 1. The van der Waals surface area contributed by atoms with E-state index in [0.29, 0.717) is 43.6 Å². The summed E-state index contributed by atoms with van der Waals surface area (Å²) in [7, 11) is 0. The molecular formula is C42H63N3O8. The Morgan fingerprint density at radius 3 is 2.58 bits per heavy atom. The van der Waals surface area contributed by atoms with Gasteiger partial charge in [-0.1, -0.05) is 44.9 Å². The van der Waals surface area contributed by atoms with Crippen LogP contribution >= 0.6 is 0 Å². The Morgan fingerprint density at radius 1 is 1.09 bits per heavy atom. The highest BCUT2D eigenvalue weighted by Crippen LogP contribution is 2.73. The summed E-state index contributed by atoms with van der Waals surface area (Å²) < 4.78 is 6.37. The van der Waals surface area contributed by atoms with E-state index in [-0.39, 0.29) is 67.3 Å². The molecule has 0 aromatic rings. The van der Waals surface area contributed by atoms with Crippen molar-refractivity contribution in [2.75, 3.05) is 13.2 Å². The lowest BCUT2D eigenvalue weighted by molar-refractivity contribution is -0.250. The topological polar surface area (TPSA) is 198 Å². The molecule has 2 heterocycles. The summed E-state index contributed by atoms with van der Waals surface area (Å²) in [6, 6.07) is 0. The summed E-state index contributed by atoms with van der Waals surface area (Å²) in [5, 5.41) is 79.1. The van der Waals surface area contributed by atoms with Crippen molar-refractivity contribution < 1.29 is 40.2 Å². The maximum Gasteiger partial charge on any atom is 0.182 e. The van der Waals surface area contributed by atoms with Crippen LogP contribution in [-0.4, -0.2) is 97.0 Å². The highest BCUT2D eigenvalue weighted by molar-refractivity contribution is 6.00. The van der Waals surface area contributed by atoms with E-state index < -0.39 is 63.9 Å². The number of ether oxygens (including phenoxy) is 1. The number of fused-ring (bicyclic) bond motifs is 3. The van der Waals surface area contributed by atoms with Crippen molar-refractivity contribution in [3.63, 3.8) is 0 Å². The van der Waals surface area contributed by atoms with Crippen LogP contribution in [0.25, 0.3) is 0 Å². The predicted molar refractivity (Wildman–Crippen MR) is 198 cm³/mol. The molecule has 0 aromatic heterocycles. The average Bonchev–Trinajstić information content (AvgIpc) is 3.48. The summed E-state index contributed by atoms with van der Waals surface area (Å²) in [4.78, 5) is 15.1. The zero-order valence-corrected chi connectivity index (χ0v) is 31.9. The van der Waals surface area contributed by atoms with E-state index in [1.807, 2.05) is 25.3 Å². The van der Waals surface area contributed by atoms with Gasteiger partial charge in [-0.05, 0) is 117 Å². The van der Waals surface area contributed by atoms with Gasteiger partial charge in [-0.3, -0.25) is 4.79 Å². The normalized spacial score (nSPS) is 50.7. The third-order valence-electron chi connectivity index (χ3n) is 16.2. The number of carbonyl (C=O) groups is 1. The largest absolute Gasteiger partial charge is 0.392 e. The molecule has 8 rings (SSSR count). The quantitative estimate of drug-likeness (QED) is 0.182. The molecule has 2 aliphatic heterocycles. The van der Waals surface area contributed by atoms with Crippen LogP contribution in [-0.2, 0) is 9.53 Å². The number of ketones is 1. The van der Waals surface area contributed by atoms with Gasteiger partial charge < -0.3 is 51.7 Å². The molecule has 0 radical (unpaired) electrons. The number of allylic oxidation sites excluding steroid dienone is 5. The molecule has 17 atom stereocenters. The highest BCUT2D eigenvalue weighted by atomic mass is 16.5. The zero-order chi connectivity index (χ0) is 37.9. The number of aliphatic hydroxyl groups is 6. The molecule has 53 heavy (non-hydrogen) atoms. The molecular weight excluding hydrogens is 674 g/mol. The first-order valence-electron chi connectivity index (χ1n) is 20.4. The van der Waals surface area contributed by atoms with E-state index in [1.165, 1.54) is 0 Å². The minimum atomic E-state index is -1.63. The van der Waals surface area contributed by atoms with Gasteiger partial charge in [0.2, 0.25) is 0 Å². The van der Waals surface area contributed by atoms with E-state index >= 15 is 4.79 Å². The first-order chi connectivity index (χ1) is 25.0. The minimum Gasteiger partial charge on any atom is -0.392 e. The van der Waals surface area contributed by atoms with Gasteiger partial charge in [0.05, 0.1) is 54.1 Å². The monoisotopic (exact) mass is 737 g/mol. The molecule has 294 valence electrons. The third kappa shape index (κ3) is 5.38. The number of rotatable bonds is 6. The molecule has 0 amide bonds. The fourth-order valence-electron chi connectivity index (χ4n) is 13.6. The molecule has 11 heteroatoms. The number of hydrogen-bond donors (Lipinski definition) is 9. The maximum atomic E-state index is 15.1. The molecule has 11 nitrogen and oxygen atoms in total. The van der Waals surface area contributed by atoms with Gasteiger partial charge in [0, 0.05) is 30.0 Å². The van der Waals surface area contributed by atoms with Crippen molar-refractivity contribution in [3.05, 3.63) is 47.3 Å². The number of nitrogens with one attached hydrogen (secondary N) is 2. The van der Waals surface area contributed by atoms with Gasteiger partial charge in [-0.15, -0.1) is 0 Å². The average molecular weight is 738 g/mol. The van der Waals surface area contributed by atoms with Crippen LogP contribution in [0.1, 0.15) is 91.9 Å².